The Morgan fingerprint density at radius 1 is 1.50 bits per heavy atom. The molecule has 0 bridgehead atoms. The van der Waals surface area contributed by atoms with E-state index in [0.717, 1.165) is 48.9 Å². The first kappa shape index (κ1) is 15.6. The van der Waals surface area contributed by atoms with Crippen LogP contribution in [0.3, 0.4) is 0 Å². The lowest BCUT2D eigenvalue weighted by Gasteiger charge is -2.38. The Labute approximate surface area is 120 Å². The summed E-state index contributed by atoms with van der Waals surface area (Å²) in [6, 6.07) is 0. The van der Waals surface area contributed by atoms with Gasteiger partial charge in [0.15, 0.2) is 10.8 Å². The molecule has 3 nitrogen and oxygen atoms in total. The van der Waals surface area contributed by atoms with E-state index >= 15 is 0 Å². The number of aromatic nitrogens is 1. The summed E-state index contributed by atoms with van der Waals surface area (Å²) in [5.74, 6) is 0. The van der Waals surface area contributed by atoms with E-state index in [1.54, 1.807) is 7.11 Å². The fourth-order valence-corrected chi connectivity index (χ4v) is 3.94. The van der Waals surface area contributed by atoms with Crippen LogP contribution in [0.2, 0.25) is 0 Å². The third-order valence-electron chi connectivity index (χ3n) is 3.74. The number of nitrogens with zero attached hydrogens (tertiary/aromatic N) is 2. The lowest BCUT2D eigenvalue weighted by atomic mass is 9.92. The molecule has 1 atom stereocenters. The highest BCUT2D eigenvalue weighted by atomic mass is 32.1. The predicted molar refractivity (Wildman–Crippen MR) is 73.2 cm³/mol. The zero-order chi connectivity index (χ0) is 14.8. The maximum Gasteiger partial charge on any atom is 0.434 e. The number of methoxy groups -OCH3 is 1. The summed E-state index contributed by atoms with van der Waals surface area (Å²) in [7, 11) is 1.64. The molecule has 20 heavy (non-hydrogen) atoms. The van der Waals surface area contributed by atoms with Crippen molar-refractivity contribution >= 4 is 16.5 Å². The van der Waals surface area contributed by atoms with Crippen LogP contribution >= 0.6 is 11.3 Å². The van der Waals surface area contributed by atoms with Gasteiger partial charge in [0.1, 0.15) is 0 Å². The van der Waals surface area contributed by atoms with Crippen LogP contribution in [0, 0.1) is 0 Å². The minimum Gasteiger partial charge on any atom is -0.382 e. The van der Waals surface area contributed by atoms with E-state index in [2.05, 4.69) is 11.9 Å². The number of ether oxygens (including phenoxy) is 1. The zero-order valence-electron chi connectivity index (χ0n) is 11.7. The van der Waals surface area contributed by atoms with Crippen molar-refractivity contribution in [2.24, 2.45) is 0 Å². The van der Waals surface area contributed by atoms with Gasteiger partial charge in [-0.05, 0) is 19.3 Å². The summed E-state index contributed by atoms with van der Waals surface area (Å²) < 4.78 is 43.4. The maximum atomic E-state index is 12.7. The average molecular weight is 308 g/mol. The molecule has 0 N–H and O–H groups in total. The van der Waals surface area contributed by atoms with Crippen LogP contribution in [-0.2, 0) is 10.9 Å². The third-order valence-corrected chi connectivity index (χ3v) is 4.60. The molecule has 1 fully saturated rings. The molecular formula is C13H19F3N2OS. The molecule has 2 heterocycles. The van der Waals surface area contributed by atoms with Gasteiger partial charge >= 0.3 is 6.18 Å². The van der Waals surface area contributed by atoms with Crippen LogP contribution in [-0.4, -0.2) is 30.8 Å². The SMILES string of the molecule is CCCC1(COC)CCCN1c1nc(C(F)(F)F)cs1. The van der Waals surface area contributed by atoms with Gasteiger partial charge < -0.3 is 9.64 Å². The van der Waals surface area contributed by atoms with Crippen LogP contribution in [0.4, 0.5) is 18.3 Å². The molecule has 2 rings (SSSR count). The van der Waals surface area contributed by atoms with E-state index in [0.29, 0.717) is 11.7 Å². The monoisotopic (exact) mass is 308 g/mol. The Bertz CT molecular complexity index is 441. The van der Waals surface area contributed by atoms with Gasteiger partial charge in [0, 0.05) is 19.0 Å². The Hall–Kier alpha value is -0.820. The van der Waals surface area contributed by atoms with Crippen molar-refractivity contribution in [1.29, 1.82) is 0 Å². The molecule has 1 unspecified atom stereocenters. The molecule has 1 aliphatic rings. The highest BCUT2D eigenvalue weighted by Crippen LogP contribution is 2.41. The highest BCUT2D eigenvalue weighted by molar-refractivity contribution is 7.13. The number of hydrogen-bond donors (Lipinski definition) is 0. The smallest absolute Gasteiger partial charge is 0.382 e. The Morgan fingerprint density at radius 3 is 2.80 bits per heavy atom. The van der Waals surface area contributed by atoms with E-state index in [1.807, 2.05) is 4.90 Å². The minimum atomic E-state index is -4.37. The zero-order valence-corrected chi connectivity index (χ0v) is 12.5. The molecule has 1 aliphatic heterocycles. The summed E-state index contributed by atoms with van der Waals surface area (Å²) >= 11 is 1.07. The van der Waals surface area contributed by atoms with Gasteiger partial charge in [0.05, 0.1) is 12.1 Å². The largest absolute Gasteiger partial charge is 0.434 e. The first-order valence-electron chi connectivity index (χ1n) is 6.72. The summed E-state index contributed by atoms with van der Waals surface area (Å²) in [4.78, 5) is 5.80. The summed E-state index contributed by atoms with van der Waals surface area (Å²) in [5, 5.41) is 1.55. The van der Waals surface area contributed by atoms with Crippen LogP contribution in [0.15, 0.2) is 5.38 Å². The lowest BCUT2D eigenvalue weighted by Crippen LogP contribution is -2.47. The quantitative estimate of drug-likeness (QED) is 0.823. The standard InChI is InChI=1S/C13H19F3N2OS/c1-3-5-12(9-19-2)6-4-7-18(12)11-17-10(8-20-11)13(14,15)16/h8H,3-7,9H2,1-2H3. The van der Waals surface area contributed by atoms with Gasteiger partial charge in [0.2, 0.25) is 0 Å². The summed E-state index contributed by atoms with van der Waals surface area (Å²) in [5.41, 5.74) is -1.00. The Balaban J connectivity index is 2.27. The number of anilines is 1. The number of thiazole rings is 1. The van der Waals surface area contributed by atoms with E-state index in [4.69, 9.17) is 4.74 Å². The van der Waals surface area contributed by atoms with Crippen molar-refractivity contribution < 1.29 is 17.9 Å². The molecule has 0 amide bonds. The molecule has 0 spiro atoms. The van der Waals surface area contributed by atoms with Gasteiger partial charge in [-0.25, -0.2) is 4.98 Å². The molecule has 0 radical (unpaired) electrons. The second-order valence-electron chi connectivity index (χ2n) is 5.18. The molecule has 114 valence electrons. The van der Waals surface area contributed by atoms with E-state index in [-0.39, 0.29) is 5.54 Å². The third kappa shape index (κ3) is 2.93. The van der Waals surface area contributed by atoms with E-state index in [1.165, 1.54) is 0 Å². The molecule has 0 aromatic carbocycles. The van der Waals surface area contributed by atoms with Crippen molar-refractivity contribution in [2.75, 3.05) is 25.2 Å². The molecule has 0 saturated carbocycles. The van der Waals surface area contributed by atoms with Crippen LogP contribution in [0.5, 0.6) is 0 Å². The number of alkyl halides is 3. The van der Waals surface area contributed by atoms with Crippen molar-refractivity contribution in [3.05, 3.63) is 11.1 Å². The first-order chi connectivity index (χ1) is 9.43. The molecular weight excluding hydrogens is 289 g/mol. The van der Waals surface area contributed by atoms with Crippen LogP contribution in [0.25, 0.3) is 0 Å². The topological polar surface area (TPSA) is 25.4 Å². The summed E-state index contributed by atoms with van der Waals surface area (Å²) in [6.07, 6.45) is -0.595. The molecule has 7 heteroatoms. The fourth-order valence-electron chi connectivity index (χ4n) is 2.97. The maximum absolute atomic E-state index is 12.7. The van der Waals surface area contributed by atoms with Crippen LogP contribution < -0.4 is 4.90 Å². The molecule has 1 saturated heterocycles. The van der Waals surface area contributed by atoms with E-state index in [9.17, 15) is 13.2 Å². The van der Waals surface area contributed by atoms with Gasteiger partial charge in [-0.3, -0.25) is 0 Å². The average Bonchev–Trinajstić information content (AvgIpc) is 2.95. The predicted octanol–water partition coefficient (Wildman–Crippen LogP) is 3.95. The van der Waals surface area contributed by atoms with Gasteiger partial charge in [-0.2, -0.15) is 13.2 Å². The second-order valence-corrected chi connectivity index (χ2v) is 6.01. The lowest BCUT2D eigenvalue weighted by molar-refractivity contribution is -0.140. The Kier molecular flexibility index (Phi) is 4.59. The van der Waals surface area contributed by atoms with Crippen molar-refractivity contribution in [1.82, 2.24) is 4.98 Å². The minimum absolute atomic E-state index is 0.204. The normalized spacial score (nSPS) is 23.6. The number of hydrogen-bond acceptors (Lipinski definition) is 4. The summed E-state index contributed by atoms with van der Waals surface area (Å²) in [6.45, 7) is 3.35. The number of halogens is 3. The van der Waals surface area contributed by atoms with Crippen molar-refractivity contribution in [2.45, 2.75) is 44.3 Å². The second kappa shape index (κ2) is 5.89. The molecule has 1 aromatic rings. The van der Waals surface area contributed by atoms with Gasteiger partial charge in [-0.1, -0.05) is 13.3 Å². The Morgan fingerprint density at radius 2 is 2.25 bits per heavy atom. The van der Waals surface area contributed by atoms with Gasteiger partial charge in [-0.15, -0.1) is 11.3 Å². The van der Waals surface area contributed by atoms with Crippen molar-refractivity contribution in [3.8, 4) is 0 Å². The molecule has 1 aromatic heterocycles. The van der Waals surface area contributed by atoms with E-state index < -0.39 is 11.9 Å². The van der Waals surface area contributed by atoms with Gasteiger partial charge in [0.25, 0.3) is 0 Å². The first-order valence-corrected chi connectivity index (χ1v) is 7.60. The molecule has 0 aliphatic carbocycles. The highest BCUT2D eigenvalue weighted by Gasteiger charge is 2.43. The fraction of sp³-hybridized carbons (Fsp3) is 0.769. The van der Waals surface area contributed by atoms with Crippen LogP contribution in [0.1, 0.15) is 38.3 Å². The number of rotatable bonds is 5. The van der Waals surface area contributed by atoms with Crippen molar-refractivity contribution in [3.63, 3.8) is 0 Å².